The SMILES string of the molecule is O=C(Cc1ccc(Cl)cc1)NC(=Cc1ccc(Oc2ccccc2Br)cc1)C(=O)O. The number of amides is 1. The lowest BCUT2D eigenvalue weighted by Crippen LogP contribution is -2.28. The normalized spacial score (nSPS) is 11.1. The van der Waals surface area contributed by atoms with Crippen LogP contribution in [0.25, 0.3) is 6.08 Å². The third-order valence-electron chi connectivity index (χ3n) is 4.04. The minimum Gasteiger partial charge on any atom is -0.477 e. The lowest BCUT2D eigenvalue weighted by atomic mass is 10.1. The number of carbonyl (C=O) groups is 2. The van der Waals surface area contributed by atoms with E-state index in [1.54, 1.807) is 48.5 Å². The average molecular weight is 487 g/mol. The molecule has 7 heteroatoms. The molecular formula is C23H17BrClNO4. The van der Waals surface area contributed by atoms with Crippen LogP contribution in [0.4, 0.5) is 0 Å². The minimum absolute atomic E-state index is 0.0422. The fourth-order valence-corrected chi connectivity index (χ4v) is 3.08. The molecular weight excluding hydrogens is 470 g/mol. The van der Waals surface area contributed by atoms with E-state index in [0.29, 0.717) is 22.1 Å². The van der Waals surface area contributed by atoms with Crippen molar-refractivity contribution in [3.8, 4) is 11.5 Å². The van der Waals surface area contributed by atoms with Crippen molar-refractivity contribution in [1.29, 1.82) is 0 Å². The molecule has 0 saturated carbocycles. The maximum Gasteiger partial charge on any atom is 0.352 e. The number of hydrogen-bond acceptors (Lipinski definition) is 3. The van der Waals surface area contributed by atoms with Gasteiger partial charge >= 0.3 is 5.97 Å². The summed E-state index contributed by atoms with van der Waals surface area (Å²) in [5, 5.41) is 12.4. The highest BCUT2D eigenvalue weighted by molar-refractivity contribution is 9.10. The van der Waals surface area contributed by atoms with E-state index in [1.165, 1.54) is 6.08 Å². The van der Waals surface area contributed by atoms with Crippen molar-refractivity contribution in [1.82, 2.24) is 5.32 Å². The van der Waals surface area contributed by atoms with Gasteiger partial charge in [0.2, 0.25) is 5.91 Å². The lowest BCUT2D eigenvalue weighted by molar-refractivity contribution is -0.134. The van der Waals surface area contributed by atoms with Crippen LogP contribution in [0.2, 0.25) is 5.02 Å². The van der Waals surface area contributed by atoms with Crippen LogP contribution in [0.1, 0.15) is 11.1 Å². The summed E-state index contributed by atoms with van der Waals surface area (Å²) < 4.78 is 6.62. The molecule has 0 bridgehead atoms. The van der Waals surface area contributed by atoms with Crippen molar-refractivity contribution >= 4 is 45.5 Å². The molecule has 0 heterocycles. The maximum absolute atomic E-state index is 12.2. The second kappa shape index (κ2) is 10.1. The first kappa shape index (κ1) is 21.6. The molecule has 30 heavy (non-hydrogen) atoms. The van der Waals surface area contributed by atoms with E-state index in [9.17, 15) is 14.7 Å². The first-order valence-corrected chi connectivity index (χ1v) is 10.1. The molecule has 0 aromatic heterocycles. The Balaban J connectivity index is 1.68. The van der Waals surface area contributed by atoms with Crippen molar-refractivity contribution in [3.63, 3.8) is 0 Å². The highest BCUT2D eigenvalue weighted by Crippen LogP contribution is 2.29. The molecule has 3 aromatic carbocycles. The Morgan fingerprint density at radius 2 is 1.67 bits per heavy atom. The summed E-state index contributed by atoms with van der Waals surface area (Å²) in [6, 6.07) is 21.1. The van der Waals surface area contributed by atoms with Gasteiger partial charge in [0, 0.05) is 5.02 Å². The Morgan fingerprint density at radius 3 is 2.30 bits per heavy atom. The second-order valence-electron chi connectivity index (χ2n) is 6.32. The van der Waals surface area contributed by atoms with Crippen molar-refractivity contribution in [2.75, 3.05) is 0 Å². The Labute approximate surface area is 187 Å². The van der Waals surface area contributed by atoms with Gasteiger partial charge in [-0.2, -0.15) is 0 Å². The molecule has 0 unspecified atom stereocenters. The predicted octanol–water partition coefficient (Wildman–Crippen LogP) is 5.68. The summed E-state index contributed by atoms with van der Waals surface area (Å²) in [4.78, 5) is 23.8. The minimum atomic E-state index is -1.23. The summed E-state index contributed by atoms with van der Waals surface area (Å²) in [7, 11) is 0. The van der Waals surface area contributed by atoms with Crippen LogP contribution in [0.15, 0.2) is 83.0 Å². The number of halogens is 2. The van der Waals surface area contributed by atoms with Gasteiger partial charge in [0.05, 0.1) is 10.9 Å². The largest absolute Gasteiger partial charge is 0.477 e. The van der Waals surface area contributed by atoms with Gasteiger partial charge in [-0.05, 0) is 69.5 Å². The van der Waals surface area contributed by atoms with Gasteiger partial charge in [-0.3, -0.25) is 4.79 Å². The number of carboxylic acid groups (broad SMARTS) is 1. The van der Waals surface area contributed by atoms with Crippen molar-refractivity contribution in [3.05, 3.63) is 99.1 Å². The predicted molar refractivity (Wildman–Crippen MR) is 120 cm³/mol. The molecule has 0 aliphatic rings. The summed E-state index contributed by atoms with van der Waals surface area (Å²) in [5.41, 5.74) is 1.13. The number of ether oxygens (including phenoxy) is 1. The van der Waals surface area contributed by atoms with E-state index in [1.807, 2.05) is 24.3 Å². The molecule has 0 atom stereocenters. The van der Waals surface area contributed by atoms with Crippen LogP contribution < -0.4 is 10.1 Å². The first-order valence-electron chi connectivity index (χ1n) is 8.92. The molecule has 3 rings (SSSR count). The number of rotatable bonds is 7. The van der Waals surface area contributed by atoms with E-state index in [-0.39, 0.29) is 12.1 Å². The van der Waals surface area contributed by atoms with Gasteiger partial charge < -0.3 is 15.2 Å². The van der Waals surface area contributed by atoms with Gasteiger partial charge in [-0.25, -0.2) is 4.79 Å². The smallest absolute Gasteiger partial charge is 0.352 e. The molecule has 1 amide bonds. The molecule has 0 spiro atoms. The number of nitrogens with one attached hydrogen (secondary N) is 1. The van der Waals surface area contributed by atoms with Gasteiger partial charge in [-0.1, -0.05) is 48.0 Å². The average Bonchev–Trinajstić information content (AvgIpc) is 2.72. The molecule has 5 nitrogen and oxygen atoms in total. The van der Waals surface area contributed by atoms with Crippen LogP contribution in [0, 0.1) is 0 Å². The first-order chi connectivity index (χ1) is 14.4. The lowest BCUT2D eigenvalue weighted by Gasteiger charge is -2.09. The van der Waals surface area contributed by atoms with Crippen molar-refractivity contribution in [2.24, 2.45) is 0 Å². The Morgan fingerprint density at radius 1 is 1.00 bits per heavy atom. The quantitative estimate of drug-likeness (QED) is 0.421. The van der Waals surface area contributed by atoms with Crippen LogP contribution in [-0.2, 0) is 16.0 Å². The van der Waals surface area contributed by atoms with Crippen LogP contribution in [-0.4, -0.2) is 17.0 Å². The van der Waals surface area contributed by atoms with E-state index < -0.39 is 11.9 Å². The second-order valence-corrected chi connectivity index (χ2v) is 7.61. The van der Waals surface area contributed by atoms with E-state index in [4.69, 9.17) is 16.3 Å². The third-order valence-corrected chi connectivity index (χ3v) is 4.95. The summed E-state index contributed by atoms with van der Waals surface area (Å²) >= 11 is 9.25. The molecule has 0 aliphatic heterocycles. The Hall–Kier alpha value is -3.09. The zero-order valence-electron chi connectivity index (χ0n) is 15.6. The van der Waals surface area contributed by atoms with Crippen LogP contribution in [0.5, 0.6) is 11.5 Å². The number of aliphatic carboxylic acids is 1. The monoisotopic (exact) mass is 485 g/mol. The van der Waals surface area contributed by atoms with Crippen molar-refractivity contribution in [2.45, 2.75) is 6.42 Å². The van der Waals surface area contributed by atoms with Crippen molar-refractivity contribution < 1.29 is 19.4 Å². The van der Waals surface area contributed by atoms with Crippen LogP contribution >= 0.6 is 27.5 Å². The summed E-state index contributed by atoms with van der Waals surface area (Å²) in [5.74, 6) is -0.392. The van der Waals surface area contributed by atoms with Gasteiger partial charge in [-0.15, -0.1) is 0 Å². The molecule has 2 N–H and O–H groups in total. The molecule has 152 valence electrons. The molecule has 0 fully saturated rings. The molecule has 0 saturated heterocycles. The fourth-order valence-electron chi connectivity index (χ4n) is 2.59. The number of benzene rings is 3. The summed E-state index contributed by atoms with van der Waals surface area (Å²) in [6.45, 7) is 0. The standard InChI is InChI=1S/C23H17BrClNO4/c24-19-3-1-2-4-21(19)30-18-11-7-15(8-12-18)13-20(23(28)29)26-22(27)14-16-5-9-17(25)10-6-16/h1-13H,14H2,(H,26,27)(H,28,29). The van der Waals surface area contributed by atoms with Gasteiger partial charge in [0.15, 0.2) is 0 Å². The fraction of sp³-hybridized carbons (Fsp3) is 0.0435. The summed E-state index contributed by atoms with van der Waals surface area (Å²) in [6.07, 6.45) is 1.44. The van der Waals surface area contributed by atoms with E-state index >= 15 is 0 Å². The maximum atomic E-state index is 12.2. The molecule has 0 radical (unpaired) electrons. The zero-order valence-corrected chi connectivity index (χ0v) is 18.0. The third kappa shape index (κ3) is 6.20. The Kier molecular flexibility index (Phi) is 7.27. The number of carbonyl (C=O) groups excluding carboxylic acids is 1. The zero-order chi connectivity index (χ0) is 21.5. The van der Waals surface area contributed by atoms with Gasteiger partial charge in [0.1, 0.15) is 17.2 Å². The van der Waals surface area contributed by atoms with Crippen LogP contribution in [0.3, 0.4) is 0 Å². The van der Waals surface area contributed by atoms with E-state index in [0.717, 1.165) is 10.0 Å². The molecule has 0 aliphatic carbocycles. The molecule has 3 aromatic rings. The highest BCUT2D eigenvalue weighted by Gasteiger charge is 2.12. The number of carboxylic acids is 1. The van der Waals surface area contributed by atoms with Gasteiger partial charge in [0.25, 0.3) is 0 Å². The highest BCUT2D eigenvalue weighted by atomic mass is 79.9. The number of para-hydroxylation sites is 1. The number of hydrogen-bond donors (Lipinski definition) is 2. The topological polar surface area (TPSA) is 75.6 Å². The Bertz CT molecular complexity index is 1080. The van der Waals surface area contributed by atoms with E-state index in [2.05, 4.69) is 21.2 Å².